The molecule has 1 aromatic carbocycles. The van der Waals surface area contributed by atoms with E-state index in [1.807, 2.05) is 17.0 Å². The van der Waals surface area contributed by atoms with E-state index in [4.69, 9.17) is 23.2 Å². The number of rotatable bonds is 3. The van der Waals surface area contributed by atoms with Gasteiger partial charge in [-0.05, 0) is 40.2 Å². The Hall–Kier alpha value is -2.75. The molecule has 0 aliphatic carbocycles. The second-order valence-corrected chi connectivity index (χ2v) is 8.98. The zero-order chi connectivity index (χ0) is 22.2. The Kier molecular flexibility index (Phi) is 5.71. The highest BCUT2D eigenvalue weighted by Gasteiger charge is 2.25. The molecule has 0 N–H and O–H groups in total. The molecular formula is C21H16BrCl2N7O. The fourth-order valence-corrected chi connectivity index (χ4v) is 4.28. The molecule has 11 heteroatoms. The molecule has 0 atom stereocenters. The molecule has 8 nitrogen and oxygen atoms in total. The third kappa shape index (κ3) is 4.03. The van der Waals surface area contributed by atoms with E-state index in [9.17, 15) is 4.79 Å². The molecule has 1 fully saturated rings. The molecule has 4 aromatic rings. The van der Waals surface area contributed by atoms with E-state index in [2.05, 4.69) is 40.9 Å². The van der Waals surface area contributed by atoms with E-state index in [0.717, 1.165) is 15.7 Å². The quantitative estimate of drug-likeness (QED) is 0.393. The van der Waals surface area contributed by atoms with Crippen molar-refractivity contribution < 1.29 is 4.79 Å². The molecule has 0 bridgehead atoms. The minimum atomic E-state index is -0.0371. The van der Waals surface area contributed by atoms with Gasteiger partial charge in [0.15, 0.2) is 0 Å². The first-order valence-electron chi connectivity index (χ1n) is 9.81. The van der Waals surface area contributed by atoms with Gasteiger partial charge in [-0.3, -0.25) is 9.78 Å². The van der Waals surface area contributed by atoms with Crippen LogP contribution in [0.3, 0.4) is 0 Å². The van der Waals surface area contributed by atoms with Crippen LogP contribution in [0.1, 0.15) is 10.4 Å². The number of amides is 1. The van der Waals surface area contributed by atoms with Crippen molar-refractivity contribution in [1.82, 2.24) is 29.5 Å². The summed E-state index contributed by atoms with van der Waals surface area (Å²) in [5, 5.41) is 5.64. The SMILES string of the molecule is O=C(c1cncc(Br)c1)N1CCN(c2nc3nccc(-c4ccc(Cl)c(Cl)c4)n3n2)CC1. The number of fused-ring (bicyclic) bond motifs is 1. The monoisotopic (exact) mass is 531 g/mol. The third-order valence-electron chi connectivity index (χ3n) is 5.25. The number of pyridine rings is 1. The van der Waals surface area contributed by atoms with Crippen LogP contribution < -0.4 is 4.90 Å². The van der Waals surface area contributed by atoms with Crippen molar-refractivity contribution in [3.05, 3.63) is 69.0 Å². The normalized spacial score (nSPS) is 14.2. The van der Waals surface area contributed by atoms with Crippen LogP contribution in [-0.2, 0) is 0 Å². The minimum Gasteiger partial charge on any atom is -0.336 e. The number of anilines is 1. The Morgan fingerprint density at radius 1 is 1.00 bits per heavy atom. The van der Waals surface area contributed by atoms with Gasteiger partial charge >= 0.3 is 0 Å². The van der Waals surface area contributed by atoms with Crippen LogP contribution >= 0.6 is 39.1 Å². The largest absolute Gasteiger partial charge is 0.336 e. The highest BCUT2D eigenvalue weighted by atomic mass is 79.9. The predicted molar refractivity (Wildman–Crippen MR) is 126 cm³/mol. The molecule has 0 saturated carbocycles. The molecule has 0 radical (unpaired) electrons. The number of hydrogen-bond acceptors (Lipinski definition) is 6. The predicted octanol–water partition coefficient (Wildman–Crippen LogP) is 4.22. The maximum absolute atomic E-state index is 12.8. The van der Waals surface area contributed by atoms with Gasteiger partial charge in [0.2, 0.25) is 5.95 Å². The van der Waals surface area contributed by atoms with Crippen molar-refractivity contribution in [2.45, 2.75) is 0 Å². The maximum Gasteiger partial charge on any atom is 0.255 e. The van der Waals surface area contributed by atoms with Crippen LogP contribution in [0.4, 0.5) is 5.95 Å². The van der Waals surface area contributed by atoms with Crippen LogP contribution in [0.5, 0.6) is 0 Å². The van der Waals surface area contributed by atoms with E-state index in [-0.39, 0.29) is 5.91 Å². The van der Waals surface area contributed by atoms with Crippen LogP contribution in [-0.4, -0.2) is 61.6 Å². The fourth-order valence-electron chi connectivity index (χ4n) is 3.61. The number of halogens is 3. The third-order valence-corrected chi connectivity index (χ3v) is 6.42. The van der Waals surface area contributed by atoms with Gasteiger partial charge < -0.3 is 9.80 Å². The lowest BCUT2D eigenvalue weighted by Crippen LogP contribution is -2.49. The average molecular weight is 533 g/mol. The van der Waals surface area contributed by atoms with Crippen molar-refractivity contribution in [3.63, 3.8) is 0 Å². The van der Waals surface area contributed by atoms with Crippen molar-refractivity contribution >= 4 is 56.8 Å². The highest BCUT2D eigenvalue weighted by molar-refractivity contribution is 9.10. The summed E-state index contributed by atoms with van der Waals surface area (Å²) in [7, 11) is 0. The number of benzene rings is 1. The molecule has 1 aliphatic rings. The fraction of sp³-hybridized carbons (Fsp3) is 0.190. The second kappa shape index (κ2) is 8.65. The Morgan fingerprint density at radius 3 is 2.56 bits per heavy atom. The van der Waals surface area contributed by atoms with Gasteiger partial charge in [0.25, 0.3) is 11.7 Å². The summed E-state index contributed by atoms with van der Waals surface area (Å²) in [6.45, 7) is 2.36. The smallest absolute Gasteiger partial charge is 0.255 e. The van der Waals surface area contributed by atoms with Crippen molar-refractivity contribution in [3.8, 4) is 11.3 Å². The van der Waals surface area contributed by atoms with Crippen molar-refractivity contribution in [1.29, 1.82) is 0 Å². The molecule has 1 amide bonds. The first kappa shape index (κ1) is 21.1. The van der Waals surface area contributed by atoms with Gasteiger partial charge in [-0.2, -0.15) is 9.50 Å². The number of nitrogens with zero attached hydrogens (tertiary/aromatic N) is 7. The molecule has 5 rings (SSSR count). The van der Waals surface area contributed by atoms with Gasteiger partial charge in [-0.25, -0.2) is 4.98 Å². The lowest BCUT2D eigenvalue weighted by Gasteiger charge is -2.34. The van der Waals surface area contributed by atoms with Gasteiger partial charge in [0, 0.05) is 54.8 Å². The Bertz CT molecular complexity index is 1320. The number of hydrogen-bond donors (Lipinski definition) is 0. The van der Waals surface area contributed by atoms with E-state index >= 15 is 0 Å². The van der Waals surface area contributed by atoms with Gasteiger partial charge in [0.05, 0.1) is 21.3 Å². The number of aromatic nitrogens is 5. The summed E-state index contributed by atoms with van der Waals surface area (Å²) >= 11 is 15.6. The molecular weight excluding hydrogens is 517 g/mol. The van der Waals surface area contributed by atoms with E-state index in [1.54, 1.807) is 41.3 Å². The van der Waals surface area contributed by atoms with Crippen LogP contribution in [0.25, 0.3) is 17.0 Å². The average Bonchev–Trinajstić information content (AvgIpc) is 3.25. The van der Waals surface area contributed by atoms with Crippen molar-refractivity contribution in [2.24, 2.45) is 0 Å². The summed E-state index contributed by atoms with van der Waals surface area (Å²) in [5.74, 6) is 1.02. The van der Waals surface area contributed by atoms with Crippen LogP contribution in [0.15, 0.2) is 53.4 Å². The molecule has 4 heterocycles. The first-order valence-corrected chi connectivity index (χ1v) is 11.4. The topological polar surface area (TPSA) is 79.5 Å². The molecule has 0 unspecified atom stereocenters. The van der Waals surface area contributed by atoms with Crippen LogP contribution in [0.2, 0.25) is 10.0 Å². The standard InChI is InChI=1S/C21H16BrCl2N7O/c22-15-9-14(11-25-12-15)19(32)29-5-7-30(8-6-29)21-27-20-26-4-3-18(31(20)28-21)13-1-2-16(23)17(24)10-13/h1-4,9-12H,5-8H2. The van der Waals surface area contributed by atoms with E-state index in [1.165, 1.54) is 0 Å². The lowest BCUT2D eigenvalue weighted by molar-refractivity contribution is 0.0745. The number of piperazine rings is 1. The Labute approximate surface area is 201 Å². The summed E-state index contributed by atoms with van der Waals surface area (Å²) in [6, 6.07) is 9.06. The van der Waals surface area contributed by atoms with Gasteiger partial charge in [0.1, 0.15) is 0 Å². The van der Waals surface area contributed by atoms with E-state index in [0.29, 0.717) is 53.5 Å². The zero-order valence-electron chi connectivity index (χ0n) is 16.6. The van der Waals surface area contributed by atoms with Gasteiger partial charge in [-0.1, -0.05) is 29.3 Å². The summed E-state index contributed by atoms with van der Waals surface area (Å²) in [5.41, 5.74) is 2.23. The summed E-state index contributed by atoms with van der Waals surface area (Å²) in [4.78, 5) is 29.6. The summed E-state index contributed by atoms with van der Waals surface area (Å²) in [6.07, 6.45) is 4.93. The Morgan fingerprint density at radius 2 is 1.81 bits per heavy atom. The highest BCUT2D eigenvalue weighted by Crippen LogP contribution is 2.29. The Balaban J connectivity index is 1.36. The molecule has 3 aromatic heterocycles. The number of carbonyl (C=O) groups excluding carboxylic acids is 1. The summed E-state index contributed by atoms with van der Waals surface area (Å²) < 4.78 is 2.47. The van der Waals surface area contributed by atoms with Gasteiger partial charge in [-0.15, -0.1) is 5.10 Å². The molecule has 1 saturated heterocycles. The zero-order valence-corrected chi connectivity index (χ0v) is 19.7. The molecule has 1 aliphatic heterocycles. The molecule has 0 spiro atoms. The number of carbonyl (C=O) groups is 1. The second-order valence-electron chi connectivity index (χ2n) is 7.25. The van der Waals surface area contributed by atoms with Crippen molar-refractivity contribution in [2.75, 3.05) is 31.1 Å². The van der Waals surface area contributed by atoms with E-state index < -0.39 is 0 Å². The van der Waals surface area contributed by atoms with Crippen LogP contribution in [0, 0.1) is 0 Å². The minimum absolute atomic E-state index is 0.0371. The molecule has 32 heavy (non-hydrogen) atoms. The maximum atomic E-state index is 12.8. The lowest BCUT2D eigenvalue weighted by atomic mass is 10.1. The molecule has 162 valence electrons. The first-order chi connectivity index (χ1) is 15.5.